The molecule has 1 aliphatic heterocycles. The first-order valence-corrected chi connectivity index (χ1v) is 8.21. The molecule has 2 aromatic rings. The van der Waals surface area contributed by atoms with Crippen molar-refractivity contribution in [2.75, 3.05) is 38.3 Å². The predicted molar refractivity (Wildman–Crippen MR) is 93.2 cm³/mol. The largest absolute Gasteiger partial charge is 0.383 e. The number of anilines is 1. The van der Waals surface area contributed by atoms with Crippen LogP contribution in [0.15, 0.2) is 30.5 Å². The van der Waals surface area contributed by atoms with E-state index in [9.17, 15) is 4.79 Å². The second-order valence-electron chi connectivity index (χ2n) is 6.15. The van der Waals surface area contributed by atoms with Gasteiger partial charge >= 0.3 is 0 Å². The summed E-state index contributed by atoms with van der Waals surface area (Å²) in [5.74, 6) is 1.02. The van der Waals surface area contributed by atoms with E-state index in [0.29, 0.717) is 25.4 Å². The van der Waals surface area contributed by atoms with Crippen LogP contribution in [0.4, 0.5) is 5.82 Å². The van der Waals surface area contributed by atoms with Crippen molar-refractivity contribution in [1.29, 1.82) is 0 Å². The van der Waals surface area contributed by atoms with Gasteiger partial charge in [0.2, 0.25) is 0 Å². The number of hydrogen-bond acceptors (Lipinski definition) is 4. The quantitative estimate of drug-likeness (QED) is 0.859. The van der Waals surface area contributed by atoms with Crippen molar-refractivity contribution in [3.05, 3.63) is 47.4 Å². The smallest absolute Gasteiger partial charge is 0.270 e. The van der Waals surface area contributed by atoms with E-state index < -0.39 is 0 Å². The molecular formula is C18H24N4O2. The maximum atomic E-state index is 12.9. The normalized spacial score (nSPS) is 14.5. The van der Waals surface area contributed by atoms with Gasteiger partial charge in [-0.15, -0.1) is 0 Å². The fraction of sp³-hybridized carbons (Fsp3) is 0.444. The number of aromatic nitrogens is 2. The topological polar surface area (TPSA) is 50.6 Å². The Hall–Kier alpha value is -2.34. The number of pyridine rings is 1. The Kier molecular flexibility index (Phi) is 4.85. The van der Waals surface area contributed by atoms with E-state index in [1.165, 1.54) is 0 Å². The summed E-state index contributed by atoms with van der Waals surface area (Å²) in [6, 6.07) is 7.84. The molecule has 0 atom stereocenters. The predicted octanol–water partition coefficient (Wildman–Crippen LogP) is 1.84. The molecule has 0 saturated carbocycles. The van der Waals surface area contributed by atoms with Gasteiger partial charge in [-0.25, -0.2) is 4.98 Å². The van der Waals surface area contributed by atoms with E-state index in [0.717, 1.165) is 30.2 Å². The van der Waals surface area contributed by atoms with Crippen LogP contribution in [-0.4, -0.2) is 53.7 Å². The number of rotatable bonds is 4. The van der Waals surface area contributed by atoms with Gasteiger partial charge in [0, 0.05) is 57.8 Å². The average Bonchev–Trinajstić information content (AvgIpc) is 2.91. The van der Waals surface area contributed by atoms with Crippen LogP contribution in [0.25, 0.3) is 0 Å². The Bertz CT molecular complexity index is 726. The molecule has 0 aliphatic carbocycles. The molecular weight excluding hydrogens is 304 g/mol. The van der Waals surface area contributed by atoms with Gasteiger partial charge in [-0.1, -0.05) is 6.07 Å². The number of ether oxygens (including phenoxy) is 1. The van der Waals surface area contributed by atoms with Crippen LogP contribution >= 0.6 is 0 Å². The molecule has 1 aliphatic rings. The van der Waals surface area contributed by atoms with E-state index in [1.807, 2.05) is 47.8 Å². The summed E-state index contributed by atoms with van der Waals surface area (Å²) in [6.45, 7) is 5.40. The van der Waals surface area contributed by atoms with Gasteiger partial charge in [-0.2, -0.15) is 0 Å². The molecule has 0 saturated heterocycles. The molecule has 0 N–H and O–H groups in total. The van der Waals surface area contributed by atoms with E-state index in [4.69, 9.17) is 9.72 Å². The molecule has 3 heterocycles. The van der Waals surface area contributed by atoms with E-state index in [2.05, 4.69) is 11.0 Å². The Labute approximate surface area is 142 Å². The Morgan fingerprint density at radius 3 is 2.83 bits per heavy atom. The molecule has 2 aromatic heterocycles. The number of aryl methyl sites for hydroxylation is 2. The summed E-state index contributed by atoms with van der Waals surface area (Å²) in [5, 5.41) is 0. The molecule has 0 aromatic carbocycles. The van der Waals surface area contributed by atoms with E-state index >= 15 is 0 Å². The van der Waals surface area contributed by atoms with Crippen LogP contribution in [0.3, 0.4) is 0 Å². The number of amides is 1. The lowest BCUT2D eigenvalue weighted by atomic mass is 10.2. The monoisotopic (exact) mass is 328 g/mol. The Balaban J connectivity index is 1.88. The van der Waals surface area contributed by atoms with Crippen molar-refractivity contribution in [1.82, 2.24) is 14.5 Å². The highest BCUT2D eigenvalue weighted by atomic mass is 16.5. The maximum absolute atomic E-state index is 12.9. The molecule has 3 rings (SSSR count). The molecule has 0 fully saturated rings. The molecule has 0 unspecified atom stereocenters. The maximum Gasteiger partial charge on any atom is 0.270 e. The first-order valence-electron chi connectivity index (χ1n) is 8.21. The van der Waals surface area contributed by atoms with Gasteiger partial charge in [0.15, 0.2) is 0 Å². The summed E-state index contributed by atoms with van der Waals surface area (Å²) in [6.07, 6.45) is 1.90. The molecule has 0 radical (unpaired) electrons. The molecule has 6 nitrogen and oxygen atoms in total. The van der Waals surface area contributed by atoms with E-state index in [-0.39, 0.29) is 5.91 Å². The number of hydrogen-bond donors (Lipinski definition) is 0. The molecule has 128 valence electrons. The Morgan fingerprint density at radius 1 is 1.29 bits per heavy atom. The molecule has 1 amide bonds. The minimum Gasteiger partial charge on any atom is -0.383 e. The fourth-order valence-electron chi connectivity index (χ4n) is 3.04. The molecule has 0 bridgehead atoms. The lowest BCUT2D eigenvalue weighted by Crippen LogP contribution is -2.37. The van der Waals surface area contributed by atoms with Crippen molar-refractivity contribution in [2.45, 2.75) is 13.5 Å². The van der Waals surface area contributed by atoms with Crippen LogP contribution in [0, 0.1) is 6.92 Å². The lowest BCUT2D eigenvalue weighted by Gasteiger charge is -2.23. The number of fused-ring (bicyclic) bond motifs is 1. The van der Waals surface area contributed by atoms with Gasteiger partial charge in [0.1, 0.15) is 11.5 Å². The van der Waals surface area contributed by atoms with Crippen LogP contribution in [0.5, 0.6) is 0 Å². The first-order chi connectivity index (χ1) is 11.6. The minimum atomic E-state index is 0.0580. The van der Waals surface area contributed by atoms with Crippen molar-refractivity contribution < 1.29 is 9.53 Å². The average molecular weight is 328 g/mol. The van der Waals surface area contributed by atoms with Crippen molar-refractivity contribution in [3.8, 4) is 0 Å². The number of nitrogens with zero attached hydrogens (tertiary/aromatic N) is 4. The van der Waals surface area contributed by atoms with Crippen molar-refractivity contribution in [3.63, 3.8) is 0 Å². The summed E-state index contributed by atoms with van der Waals surface area (Å²) >= 11 is 0. The first kappa shape index (κ1) is 16.5. The summed E-state index contributed by atoms with van der Waals surface area (Å²) < 4.78 is 7.09. The highest BCUT2D eigenvalue weighted by Gasteiger charge is 2.25. The third kappa shape index (κ3) is 3.28. The van der Waals surface area contributed by atoms with Gasteiger partial charge in [0.25, 0.3) is 5.91 Å². The highest BCUT2D eigenvalue weighted by molar-refractivity contribution is 5.93. The van der Waals surface area contributed by atoms with Crippen LogP contribution in [-0.2, 0) is 18.3 Å². The van der Waals surface area contributed by atoms with Crippen LogP contribution in [0.2, 0.25) is 0 Å². The Morgan fingerprint density at radius 2 is 2.12 bits per heavy atom. The zero-order valence-corrected chi connectivity index (χ0v) is 14.5. The standard InChI is InChI=1S/C18H24N4O2/c1-14-6-7-15-13-22(18(23)16-5-4-8-20(16)2)10-9-21(11-12-24-3)17(15)19-14/h4-8H,9-13H2,1-3H3. The molecule has 24 heavy (non-hydrogen) atoms. The lowest BCUT2D eigenvalue weighted by molar-refractivity contribution is 0.0741. The summed E-state index contributed by atoms with van der Waals surface area (Å²) in [4.78, 5) is 21.7. The molecule has 0 spiro atoms. The van der Waals surface area contributed by atoms with Crippen LogP contribution in [0.1, 0.15) is 21.7 Å². The zero-order chi connectivity index (χ0) is 17.1. The van der Waals surface area contributed by atoms with E-state index in [1.54, 1.807) is 7.11 Å². The van der Waals surface area contributed by atoms with Crippen LogP contribution < -0.4 is 4.90 Å². The SMILES string of the molecule is COCCN1CCN(C(=O)c2cccn2C)Cc2ccc(C)nc21. The third-order valence-electron chi connectivity index (χ3n) is 4.41. The number of methoxy groups -OCH3 is 1. The fourth-order valence-corrected chi connectivity index (χ4v) is 3.04. The van der Waals surface area contributed by atoms with Gasteiger partial charge in [0.05, 0.1) is 6.61 Å². The zero-order valence-electron chi connectivity index (χ0n) is 14.5. The third-order valence-corrected chi connectivity index (χ3v) is 4.41. The second kappa shape index (κ2) is 7.05. The number of carbonyl (C=O) groups excluding carboxylic acids is 1. The van der Waals surface area contributed by atoms with Gasteiger partial charge < -0.3 is 19.1 Å². The highest BCUT2D eigenvalue weighted by Crippen LogP contribution is 2.24. The van der Waals surface area contributed by atoms with Gasteiger partial charge in [-0.05, 0) is 25.1 Å². The number of carbonyl (C=O) groups is 1. The van der Waals surface area contributed by atoms with Crippen molar-refractivity contribution >= 4 is 11.7 Å². The van der Waals surface area contributed by atoms with Crippen molar-refractivity contribution in [2.24, 2.45) is 7.05 Å². The minimum absolute atomic E-state index is 0.0580. The van der Waals surface area contributed by atoms with Gasteiger partial charge in [-0.3, -0.25) is 4.79 Å². The molecule has 6 heteroatoms. The summed E-state index contributed by atoms with van der Waals surface area (Å²) in [5.41, 5.74) is 2.78. The summed E-state index contributed by atoms with van der Waals surface area (Å²) in [7, 11) is 3.60. The second-order valence-corrected chi connectivity index (χ2v) is 6.15.